The smallest absolute Gasteiger partial charge is 0.243 e. The summed E-state index contributed by atoms with van der Waals surface area (Å²) in [6.07, 6.45) is 1.71. The maximum atomic E-state index is 12.5. The van der Waals surface area contributed by atoms with Crippen LogP contribution in [0.25, 0.3) is 0 Å². The standard InChI is InChI=1S/C13H26N2O/c1-7-13(8-2)11(16)15(10(3)4)9-12(5,6)14-13/h10,14H,7-9H2,1-6H3. The molecule has 1 N–H and O–H groups in total. The first kappa shape index (κ1) is 13.5. The molecule has 94 valence electrons. The van der Waals surface area contributed by atoms with Gasteiger partial charge >= 0.3 is 0 Å². The van der Waals surface area contributed by atoms with Crippen molar-refractivity contribution in [1.29, 1.82) is 0 Å². The number of rotatable bonds is 3. The Hall–Kier alpha value is -0.570. The number of nitrogens with zero attached hydrogens (tertiary/aromatic N) is 1. The maximum Gasteiger partial charge on any atom is 0.243 e. The molecule has 0 aliphatic carbocycles. The van der Waals surface area contributed by atoms with Crippen molar-refractivity contribution in [2.75, 3.05) is 6.54 Å². The van der Waals surface area contributed by atoms with Crippen molar-refractivity contribution in [2.24, 2.45) is 0 Å². The Kier molecular flexibility index (Phi) is 3.68. The van der Waals surface area contributed by atoms with Gasteiger partial charge in [-0.05, 0) is 40.5 Å². The third-order valence-corrected chi connectivity index (χ3v) is 3.64. The number of hydrogen-bond donors (Lipinski definition) is 1. The average Bonchev–Trinajstić information content (AvgIpc) is 2.20. The number of carbonyl (C=O) groups excluding carboxylic acids is 1. The zero-order valence-corrected chi connectivity index (χ0v) is 11.6. The van der Waals surface area contributed by atoms with E-state index in [0.29, 0.717) is 0 Å². The van der Waals surface area contributed by atoms with E-state index in [2.05, 4.69) is 46.9 Å². The summed E-state index contributed by atoms with van der Waals surface area (Å²) in [4.78, 5) is 14.5. The Labute approximate surface area is 99.6 Å². The van der Waals surface area contributed by atoms with Crippen molar-refractivity contribution < 1.29 is 4.79 Å². The molecule has 1 aliphatic heterocycles. The fourth-order valence-corrected chi connectivity index (χ4v) is 2.66. The molecule has 0 unspecified atom stereocenters. The molecule has 1 fully saturated rings. The first-order valence-corrected chi connectivity index (χ1v) is 6.38. The molecule has 0 atom stereocenters. The molecule has 1 saturated heterocycles. The van der Waals surface area contributed by atoms with Crippen LogP contribution in [0.5, 0.6) is 0 Å². The van der Waals surface area contributed by atoms with Gasteiger partial charge in [0.2, 0.25) is 5.91 Å². The summed E-state index contributed by atoms with van der Waals surface area (Å²) < 4.78 is 0. The molecule has 3 nitrogen and oxygen atoms in total. The number of hydrogen-bond acceptors (Lipinski definition) is 2. The van der Waals surface area contributed by atoms with Crippen molar-refractivity contribution in [3.63, 3.8) is 0 Å². The van der Waals surface area contributed by atoms with Gasteiger partial charge in [-0.15, -0.1) is 0 Å². The lowest BCUT2D eigenvalue weighted by atomic mass is 9.83. The predicted molar refractivity (Wildman–Crippen MR) is 67.4 cm³/mol. The minimum absolute atomic E-state index is 0.00417. The van der Waals surface area contributed by atoms with Gasteiger partial charge in [0, 0.05) is 18.1 Å². The SMILES string of the molecule is CCC1(CC)NC(C)(C)CN(C(C)C)C1=O. The van der Waals surface area contributed by atoms with Gasteiger partial charge in [-0.25, -0.2) is 0 Å². The summed E-state index contributed by atoms with van der Waals surface area (Å²) in [5.41, 5.74) is -0.351. The Morgan fingerprint density at radius 1 is 1.31 bits per heavy atom. The van der Waals surface area contributed by atoms with Gasteiger partial charge in [0.05, 0.1) is 5.54 Å². The second-order valence-electron chi connectivity index (χ2n) is 5.82. The number of nitrogens with one attached hydrogen (secondary N) is 1. The van der Waals surface area contributed by atoms with E-state index in [1.54, 1.807) is 0 Å². The Balaban J connectivity index is 3.06. The van der Waals surface area contributed by atoms with Crippen LogP contribution in [-0.4, -0.2) is 34.5 Å². The number of carbonyl (C=O) groups is 1. The van der Waals surface area contributed by atoms with E-state index in [4.69, 9.17) is 0 Å². The van der Waals surface area contributed by atoms with E-state index in [9.17, 15) is 4.79 Å². The van der Waals surface area contributed by atoms with Gasteiger partial charge in [0.1, 0.15) is 0 Å². The van der Waals surface area contributed by atoms with Crippen LogP contribution < -0.4 is 5.32 Å². The van der Waals surface area contributed by atoms with E-state index in [1.807, 2.05) is 4.90 Å². The van der Waals surface area contributed by atoms with Gasteiger partial charge < -0.3 is 4.90 Å². The molecular weight excluding hydrogens is 200 g/mol. The highest BCUT2D eigenvalue weighted by molar-refractivity contribution is 5.87. The van der Waals surface area contributed by atoms with Crippen LogP contribution >= 0.6 is 0 Å². The summed E-state index contributed by atoms with van der Waals surface area (Å²) in [6.45, 7) is 13.5. The Morgan fingerprint density at radius 3 is 2.19 bits per heavy atom. The van der Waals surface area contributed by atoms with Gasteiger partial charge in [0.15, 0.2) is 0 Å². The third kappa shape index (κ3) is 2.24. The first-order chi connectivity index (χ1) is 7.28. The van der Waals surface area contributed by atoms with E-state index >= 15 is 0 Å². The lowest BCUT2D eigenvalue weighted by molar-refractivity contribution is -0.148. The van der Waals surface area contributed by atoms with Gasteiger partial charge in [-0.3, -0.25) is 10.1 Å². The first-order valence-electron chi connectivity index (χ1n) is 6.38. The molecule has 16 heavy (non-hydrogen) atoms. The van der Waals surface area contributed by atoms with Crippen molar-refractivity contribution in [3.05, 3.63) is 0 Å². The molecule has 1 aliphatic rings. The fraction of sp³-hybridized carbons (Fsp3) is 0.923. The van der Waals surface area contributed by atoms with Crippen LogP contribution in [0.4, 0.5) is 0 Å². The van der Waals surface area contributed by atoms with E-state index in [1.165, 1.54) is 0 Å². The average molecular weight is 226 g/mol. The van der Waals surface area contributed by atoms with Crippen molar-refractivity contribution in [1.82, 2.24) is 10.2 Å². The molecule has 1 heterocycles. The molecular formula is C13H26N2O. The number of amides is 1. The van der Waals surface area contributed by atoms with E-state index in [0.717, 1.165) is 19.4 Å². The summed E-state index contributed by atoms with van der Waals surface area (Å²) in [7, 11) is 0. The second kappa shape index (κ2) is 4.36. The van der Waals surface area contributed by atoms with Gasteiger partial charge in [-0.2, -0.15) is 0 Å². The van der Waals surface area contributed by atoms with Gasteiger partial charge in [0.25, 0.3) is 0 Å². The van der Waals surface area contributed by atoms with Crippen molar-refractivity contribution in [2.45, 2.75) is 71.5 Å². The summed E-state index contributed by atoms with van der Waals surface area (Å²) in [6, 6.07) is 0.284. The topological polar surface area (TPSA) is 32.3 Å². The summed E-state index contributed by atoms with van der Waals surface area (Å²) in [5, 5.41) is 3.55. The van der Waals surface area contributed by atoms with Crippen LogP contribution in [0.1, 0.15) is 54.4 Å². The summed E-state index contributed by atoms with van der Waals surface area (Å²) in [5.74, 6) is 0.270. The maximum absolute atomic E-state index is 12.5. The lowest BCUT2D eigenvalue weighted by Gasteiger charge is -2.51. The van der Waals surface area contributed by atoms with Crippen LogP contribution in [0.2, 0.25) is 0 Å². The molecule has 1 rings (SSSR count). The molecule has 0 spiro atoms. The van der Waals surface area contributed by atoms with Crippen LogP contribution in [0.15, 0.2) is 0 Å². The highest BCUT2D eigenvalue weighted by Gasteiger charge is 2.47. The normalized spacial score (nSPS) is 23.9. The van der Waals surface area contributed by atoms with E-state index in [-0.39, 0.29) is 23.0 Å². The van der Waals surface area contributed by atoms with Crippen LogP contribution in [0.3, 0.4) is 0 Å². The molecule has 0 aromatic rings. The van der Waals surface area contributed by atoms with Gasteiger partial charge in [-0.1, -0.05) is 13.8 Å². The lowest BCUT2D eigenvalue weighted by Crippen LogP contribution is -2.72. The zero-order chi connectivity index (χ0) is 12.6. The van der Waals surface area contributed by atoms with E-state index < -0.39 is 0 Å². The Morgan fingerprint density at radius 2 is 1.81 bits per heavy atom. The molecule has 0 bridgehead atoms. The van der Waals surface area contributed by atoms with Crippen molar-refractivity contribution in [3.8, 4) is 0 Å². The molecule has 0 aromatic heterocycles. The minimum atomic E-state index is -0.355. The quantitative estimate of drug-likeness (QED) is 0.800. The minimum Gasteiger partial charge on any atom is -0.337 e. The molecule has 0 radical (unpaired) electrons. The van der Waals surface area contributed by atoms with Crippen LogP contribution in [0, 0.1) is 0 Å². The monoisotopic (exact) mass is 226 g/mol. The fourth-order valence-electron chi connectivity index (χ4n) is 2.66. The molecule has 0 saturated carbocycles. The molecule has 1 amide bonds. The van der Waals surface area contributed by atoms with Crippen LogP contribution in [-0.2, 0) is 4.79 Å². The van der Waals surface area contributed by atoms with Crippen molar-refractivity contribution >= 4 is 5.91 Å². The summed E-state index contributed by atoms with van der Waals surface area (Å²) >= 11 is 0. The molecule has 0 aromatic carbocycles. The third-order valence-electron chi connectivity index (χ3n) is 3.64. The zero-order valence-electron chi connectivity index (χ0n) is 11.6. The second-order valence-corrected chi connectivity index (χ2v) is 5.82. The Bertz CT molecular complexity index is 267. The predicted octanol–water partition coefficient (Wildman–Crippen LogP) is 2.16. The largest absolute Gasteiger partial charge is 0.337 e. The molecule has 3 heteroatoms. The highest BCUT2D eigenvalue weighted by Crippen LogP contribution is 2.29. The number of piperazine rings is 1. The highest BCUT2D eigenvalue weighted by atomic mass is 16.2.